The van der Waals surface area contributed by atoms with Crippen LogP contribution in [0.15, 0.2) is 180 Å². The van der Waals surface area contributed by atoms with Gasteiger partial charge in [-0.05, 0) is 36.4 Å². The monoisotopic (exact) mass is 727 g/mol. The van der Waals surface area contributed by atoms with Crippen molar-refractivity contribution in [3.05, 3.63) is 176 Å². The highest BCUT2D eigenvalue weighted by Crippen LogP contribution is 2.45. The minimum absolute atomic E-state index is 0.623. The zero-order chi connectivity index (χ0) is 37.2. The van der Waals surface area contributed by atoms with Gasteiger partial charge >= 0.3 is 0 Å². The minimum atomic E-state index is 0.623. The molecular weight excluding hydrogens is 699 g/mol. The molecular formula is C51H29N5O. The van der Waals surface area contributed by atoms with Crippen LogP contribution in [0.3, 0.4) is 0 Å². The maximum atomic E-state index is 6.89. The van der Waals surface area contributed by atoms with E-state index in [0.29, 0.717) is 17.5 Å². The molecule has 0 aliphatic heterocycles. The minimum Gasteiger partial charge on any atom is -0.455 e. The van der Waals surface area contributed by atoms with Gasteiger partial charge in [-0.1, -0.05) is 140 Å². The fourth-order valence-electron chi connectivity index (χ4n) is 9.34. The number of nitrogens with zero attached hydrogens (tertiary/aromatic N) is 5. The SMILES string of the molecule is c1ccc(-c2nc(-c3ccccc3)nc(-c3cccc4c3c3cccc5c3n4c3ccc4c6ccccc6oc4c3c3cccc4c6ccccc6n5c43)n2)cc1. The summed E-state index contributed by atoms with van der Waals surface area (Å²) in [7, 11) is 0. The van der Waals surface area contributed by atoms with Crippen LogP contribution in [0.5, 0.6) is 0 Å². The van der Waals surface area contributed by atoms with Gasteiger partial charge in [-0.2, -0.15) is 0 Å². The van der Waals surface area contributed by atoms with Crippen molar-refractivity contribution in [3.8, 4) is 34.2 Å². The molecule has 0 radical (unpaired) electrons. The van der Waals surface area contributed by atoms with Crippen molar-refractivity contribution in [2.75, 3.05) is 0 Å². The summed E-state index contributed by atoms with van der Waals surface area (Å²) >= 11 is 0. The van der Waals surface area contributed by atoms with E-state index >= 15 is 0 Å². The molecule has 5 heterocycles. The summed E-state index contributed by atoms with van der Waals surface area (Å²) < 4.78 is 11.8. The van der Waals surface area contributed by atoms with Crippen LogP contribution in [0.4, 0.5) is 0 Å². The van der Waals surface area contributed by atoms with Crippen LogP contribution < -0.4 is 0 Å². The topological polar surface area (TPSA) is 60.6 Å². The Morgan fingerprint density at radius 3 is 1.67 bits per heavy atom. The maximum absolute atomic E-state index is 6.89. The van der Waals surface area contributed by atoms with Crippen LogP contribution in [0.25, 0.3) is 122 Å². The first-order chi connectivity index (χ1) is 28.3. The molecule has 8 aromatic carbocycles. The third-order valence-electron chi connectivity index (χ3n) is 11.7. The number of para-hydroxylation sites is 4. The number of hydrogen-bond donors (Lipinski definition) is 0. The third kappa shape index (κ3) is 4.16. The highest BCUT2D eigenvalue weighted by molar-refractivity contribution is 6.29. The molecule has 13 rings (SSSR count). The summed E-state index contributed by atoms with van der Waals surface area (Å²) in [5, 5.41) is 9.00. The third-order valence-corrected chi connectivity index (χ3v) is 11.7. The van der Waals surface area contributed by atoms with Crippen LogP contribution in [0.2, 0.25) is 0 Å². The van der Waals surface area contributed by atoms with Gasteiger partial charge in [-0.15, -0.1) is 0 Å². The van der Waals surface area contributed by atoms with E-state index in [4.69, 9.17) is 19.4 Å². The van der Waals surface area contributed by atoms with Crippen molar-refractivity contribution in [2.45, 2.75) is 0 Å². The molecule has 0 saturated heterocycles. The Balaban J connectivity index is 1.27. The average molecular weight is 728 g/mol. The van der Waals surface area contributed by atoms with Gasteiger partial charge < -0.3 is 13.2 Å². The molecule has 0 aliphatic carbocycles. The molecule has 6 nitrogen and oxygen atoms in total. The number of hydrogen-bond acceptors (Lipinski definition) is 4. The number of benzene rings is 8. The largest absolute Gasteiger partial charge is 0.455 e. The predicted octanol–water partition coefficient (Wildman–Crippen LogP) is 13.0. The summed E-state index contributed by atoms with van der Waals surface area (Å²) in [6.45, 7) is 0. The molecule has 0 spiro atoms. The average Bonchev–Trinajstić information content (AvgIpc) is 3.94. The van der Waals surface area contributed by atoms with Crippen molar-refractivity contribution in [1.29, 1.82) is 0 Å². The molecule has 0 saturated carbocycles. The lowest BCUT2D eigenvalue weighted by atomic mass is 10.0. The smallest absolute Gasteiger partial charge is 0.164 e. The van der Waals surface area contributed by atoms with E-state index in [-0.39, 0.29) is 0 Å². The van der Waals surface area contributed by atoms with Gasteiger partial charge in [0.05, 0.1) is 38.5 Å². The normalized spacial score (nSPS) is 12.2. The number of fused-ring (bicyclic) bond motifs is 14. The summed E-state index contributed by atoms with van der Waals surface area (Å²) in [5.41, 5.74) is 11.2. The van der Waals surface area contributed by atoms with Crippen LogP contribution in [-0.2, 0) is 0 Å². The molecule has 0 N–H and O–H groups in total. The molecule has 57 heavy (non-hydrogen) atoms. The van der Waals surface area contributed by atoms with Crippen LogP contribution in [0.1, 0.15) is 0 Å². The van der Waals surface area contributed by atoms with E-state index in [1.54, 1.807) is 0 Å². The lowest BCUT2D eigenvalue weighted by molar-refractivity contribution is 0.673. The van der Waals surface area contributed by atoms with Gasteiger partial charge in [0.25, 0.3) is 0 Å². The Morgan fingerprint density at radius 2 is 0.877 bits per heavy atom. The zero-order valence-corrected chi connectivity index (χ0v) is 30.4. The first kappa shape index (κ1) is 30.5. The Kier molecular flexibility index (Phi) is 6.07. The number of rotatable bonds is 3. The second kappa shape index (κ2) is 11.4. The Bertz CT molecular complexity index is 3750. The quantitative estimate of drug-likeness (QED) is 0.182. The fourth-order valence-corrected chi connectivity index (χ4v) is 9.34. The van der Waals surface area contributed by atoms with Gasteiger partial charge in [0, 0.05) is 54.4 Å². The lowest BCUT2D eigenvalue weighted by Crippen LogP contribution is -2.00. The van der Waals surface area contributed by atoms with Crippen LogP contribution >= 0.6 is 0 Å². The molecule has 5 aromatic heterocycles. The van der Waals surface area contributed by atoms with E-state index in [2.05, 4.69) is 142 Å². The van der Waals surface area contributed by atoms with E-state index in [0.717, 1.165) is 93.3 Å². The molecule has 0 amide bonds. The van der Waals surface area contributed by atoms with Crippen molar-refractivity contribution in [1.82, 2.24) is 23.8 Å². The predicted molar refractivity (Wildman–Crippen MR) is 233 cm³/mol. The van der Waals surface area contributed by atoms with E-state index < -0.39 is 0 Å². The summed E-state index contributed by atoms with van der Waals surface area (Å²) in [6, 6.07) is 61.8. The van der Waals surface area contributed by atoms with Gasteiger partial charge in [0.1, 0.15) is 11.2 Å². The molecule has 0 bridgehead atoms. The van der Waals surface area contributed by atoms with E-state index in [1.807, 2.05) is 42.5 Å². The molecule has 0 unspecified atom stereocenters. The first-order valence-electron chi connectivity index (χ1n) is 19.2. The van der Waals surface area contributed by atoms with Crippen molar-refractivity contribution < 1.29 is 4.42 Å². The second-order valence-electron chi connectivity index (χ2n) is 14.7. The summed E-state index contributed by atoms with van der Waals surface area (Å²) in [4.78, 5) is 15.5. The second-order valence-corrected chi connectivity index (χ2v) is 14.7. The van der Waals surface area contributed by atoms with E-state index in [9.17, 15) is 0 Å². The van der Waals surface area contributed by atoms with Gasteiger partial charge in [0.2, 0.25) is 0 Å². The molecule has 0 fully saturated rings. The van der Waals surface area contributed by atoms with E-state index in [1.165, 1.54) is 10.8 Å². The fraction of sp³-hybridized carbons (Fsp3) is 0. The number of furan rings is 1. The molecule has 264 valence electrons. The Morgan fingerprint density at radius 1 is 0.333 bits per heavy atom. The van der Waals surface area contributed by atoms with Gasteiger partial charge in [-0.25, -0.2) is 15.0 Å². The van der Waals surface area contributed by atoms with Crippen LogP contribution in [-0.4, -0.2) is 23.8 Å². The zero-order valence-electron chi connectivity index (χ0n) is 30.4. The molecule has 13 aromatic rings. The summed E-state index contributed by atoms with van der Waals surface area (Å²) in [5.74, 6) is 1.89. The van der Waals surface area contributed by atoms with Gasteiger partial charge in [0.15, 0.2) is 17.5 Å². The number of aromatic nitrogens is 5. The lowest BCUT2D eigenvalue weighted by Gasteiger charge is -2.11. The molecule has 0 aliphatic rings. The molecule has 6 heteroatoms. The van der Waals surface area contributed by atoms with Gasteiger partial charge in [-0.3, -0.25) is 0 Å². The Hall–Kier alpha value is -7.83. The first-order valence-corrected chi connectivity index (χ1v) is 19.2. The standard InChI is InChI=1S/C51H29N5O/c1-3-14-30(15-4-1)49-52-50(31-16-5-2-6-17-31)54-51(53-49)38-23-13-25-40-44(38)36-22-12-26-42-47(36)56(40)41-29-28-35-33-19-8-10-27-43(33)57-48(35)45(41)37-21-11-20-34-32-18-7-9-24-39(32)55(42)46(34)37/h1-29H. The summed E-state index contributed by atoms with van der Waals surface area (Å²) in [6.07, 6.45) is 0. The molecule has 0 atom stereocenters. The van der Waals surface area contributed by atoms with Crippen molar-refractivity contribution in [2.24, 2.45) is 0 Å². The maximum Gasteiger partial charge on any atom is 0.164 e. The Labute approximate surface area is 324 Å². The van der Waals surface area contributed by atoms with Crippen molar-refractivity contribution in [3.63, 3.8) is 0 Å². The highest BCUT2D eigenvalue weighted by atomic mass is 16.3. The van der Waals surface area contributed by atoms with Crippen LogP contribution in [0, 0.1) is 0 Å². The van der Waals surface area contributed by atoms with Crippen molar-refractivity contribution >= 4 is 87.4 Å². The highest BCUT2D eigenvalue weighted by Gasteiger charge is 2.24.